The Morgan fingerprint density at radius 2 is 1.80 bits per heavy atom. The monoisotopic (exact) mass is 493 g/mol. The minimum Gasteiger partial charge on any atom is -0.496 e. The average Bonchev–Trinajstić information content (AvgIpc) is 3.31. The smallest absolute Gasteiger partial charge is 0.336 e. The number of aryl methyl sites for hydroxylation is 1. The Morgan fingerprint density at radius 1 is 1.14 bits per heavy atom. The van der Waals surface area contributed by atoms with Crippen LogP contribution in [0.3, 0.4) is 0 Å². The maximum atomic E-state index is 13.6. The number of hydrogen-bond donors (Lipinski definition) is 0. The number of nitroso groups, excluding NO2 is 1. The van der Waals surface area contributed by atoms with Crippen molar-refractivity contribution in [3.63, 3.8) is 0 Å². The zero-order valence-corrected chi connectivity index (χ0v) is 20.8. The van der Waals surface area contributed by atoms with Gasteiger partial charge in [0, 0.05) is 22.8 Å². The molecule has 9 heteroatoms. The predicted octanol–water partition coefficient (Wildman–Crippen LogP) is 5.29. The lowest BCUT2D eigenvalue weighted by atomic mass is 10.1. The van der Waals surface area contributed by atoms with E-state index in [1.165, 1.54) is 23.0 Å². The molecule has 0 saturated heterocycles. The number of aromatic nitrogens is 1. The van der Waals surface area contributed by atoms with Gasteiger partial charge < -0.3 is 14.4 Å². The summed E-state index contributed by atoms with van der Waals surface area (Å²) >= 11 is 1.20. The minimum atomic E-state index is -0.961. The van der Waals surface area contributed by atoms with Crippen molar-refractivity contribution in [2.75, 3.05) is 20.8 Å². The van der Waals surface area contributed by atoms with E-state index >= 15 is 0 Å². The summed E-state index contributed by atoms with van der Waals surface area (Å²) in [6, 6.07) is 13.4. The third kappa shape index (κ3) is 6.19. The van der Waals surface area contributed by atoms with E-state index in [2.05, 4.69) is 16.7 Å². The second-order valence-corrected chi connectivity index (χ2v) is 8.86. The van der Waals surface area contributed by atoms with Crippen LogP contribution in [0.5, 0.6) is 11.5 Å². The summed E-state index contributed by atoms with van der Waals surface area (Å²) in [4.78, 5) is 42.6. The van der Waals surface area contributed by atoms with E-state index in [4.69, 9.17) is 9.47 Å². The maximum absolute atomic E-state index is 13.6. The average molecular weight is 494 g/mol. The number of carbonyl (C=O) groups is 2. The number of amides is 2. The van der Waals surface area contributed by atoms with Crippen LogP contribution in [-0.4, -0.2) is 42.5 Å². The van der Waals surface area contributed by atoms with E-state index in [1.807, 2.05) is 37.3 Å². The van der Waals surface area contributed by atoms with E-state index in [9.17, 15) is 14.5 Å². The largest absolute Gasteiger partial charge is 0.496 e. The summed E-state index contributed by atoms with van der Waals surface area (Å²) in [5.41, 5.74) is 2.33. The van der Waals surface area contributed by atoms with E-state index < -0.39 is 5.91 Å². The maximum Gasteiger partial charge on any atom is 0.336 e. The molecule has 3 rings (SSSR count). The Labute approximate surface area is 208 Å². The van der Waals surface area contributed by atoms with Crippen LogP contribution >= 0.6 is 11.3 Å². The molecule has 0 saturated carbocycles. The molecule has 3 aromatic rings. The SMILES string of the molecule is C=Cc1sc(CN(CCCc2ccccc2)C(=O)c2cc(OC)c(C)c(OC)c2)nc1C(=O)N=O. The van der Waals surface area contributed by atoms with Crippen molar-refractivity contribution in [2.24, 2.45) is 5.18 Å². The first-order valence-electron chi connectivity index (χ1n) is 11.0. The first-order chi connectivity index (χ1) is 16.9. The fourth-order valence-electron chi connectivity index (χ4n) is 3.71. The number of carbonyl (C=O) groups excluding carboxylic acids is 2. The van der Waals surface area contributed by atoms with Crippen molar-refractivity contribution < 1.29 is 19.1 Å². The van der Waals surface area contributed by atoms with Crippen LogP contribution < -0.4 is 9.47 Å². The molecule has 0 spiro atoms. The highest BCUT2D eigenvalue weighted by atomic mass is 32.1. The highest BCUT2D eigenvalue weighted by Gasteiger charge is 2.23. The van der Waals surface area contributed by atoms with E-state index in [-0.39, 0.29) is 18.1 Å². The van der Waals surface area contributed by atoms with Crippen molar-refractivity contribution in [2.45, 2.75) is 26.3 Å². The number of thiazole rings is 1. The molecule has 35 heavy (non-hydrogen) atoms. The van der Waals surface area contributed by atoms with Crippen LogP contribution in [0.1, 0.15) is 48.3 Å². The zero-order valence-electron chi connectivity index (χ0n) is 19.9. The molecule has 0 unspecified atom stereocenters. The van der Waals surface area contributed by atoms with Gasteiger partial charge >= 0.3 is 5.91 Å². The summed E-state index contributed by atoms with van der Waals surface area (Å²) in [5.74, 6) is -0.0982. The van der Waals surface area contributed by atoms with Gasteiger partial charge in [0.25, 0.3) is 5.91 Å². The standard InChI is InChI=1S/C26H27N3O5S/c1-5-22-24(25(30)28-32)27-23(35-22)16-29(13-9-12-18-10-7-6-8-11-18)26(31)19-14-20(33-3)17(2)21(15-19)34-4/h5-8,10-11,14-15H,1,9,12-13,16H2,2-4H3. The van der Waals surface area contributed by atoms with Crippen molar-refractivity contribution in [1.82, 2.24) is 9.88 Å². The second kappa shape index (κ2) is 12.0. The van der Waals surface area contributed by atoms with Gasteiger partial charge in [0.05, 0.1) is 25.6 Å². The molecule has 1 heterocycles. The van der Waals surface area contributed by atoms with Gasteiger partial charge in [-0.05, 0) is 43.5 Å². The molecule has 0 bridgehead atoms. The van der Waals surface area contributed by atoms with Gasteiger partial charge in [-0.15, -0.1) is 16.2 Å². The number of benzene rings is 2. The van der Waals surface area contributed by atoms with E-state index in [0.29, 0.717) is 33.5 Å². The van der Waals surface area contributed by atoms with Crippen LogP contribution in [0, 0.1) is 11.8 Å². The molecule has 2 amide bonds. The van der Waals surface area contributed by atoms with Gasteiger partial charge in [0.15, 0.2) is 5.69 Å². The summed E-state index contributed by atoms with van der Waals surface area (Å²) in [5, 5.41) is 2.98. The van der Waals surface area contributed by atoms with Gasteiger partial charge in [-0.25, -0.2) is 4.98 Å². The Bertz CT molecular complexity index is 1200. The lowest BCUT2D eigenvalue weighted by Crippen LogP contribution is -2.32. The first kappa shape index (κ1) is 25.8. The normalized spacial score (nSPS) is 10.5. The lowest BCUT2D eigenvalue weighted by molar-refractivity contribution is 0.0740. The zero-order chi connectivity index (χ0) is 25.4. The van der Waals surface area contributed by atoms with Crippen molar-refractivity contribution in [3.05, 3.63) is 86.2 Å². The molecule has 0 N–H and O–H groups in total. The molecule has 0 radical (unpaired) electrons. The quantitative estimate of drug-likeness (QED) is 0.337. The third-order valence-electron chi connectivity index (χ3n) is 5.52. The second-order valence-electron chi connectivity index (χ2n) is 7.74. The highest BCUT2D eigenvalue weighted by molar-refractivity contribution is 7.12. The van der Waals surface area contributed by atoms with Gasteiger partial charge in [-0.3, -0.25) is 9.59 Å². The number of rotatable bonds is 11. The summed E-state index contributed by atoms with van der Waals surface area (Å²) < 4.78 is 10.9. The number of methoxy groups -OCH3 is 2. The van der Waals surface area contributed by atoms with Gasteiger partial charge in [0.1, 0.15) is 16.5 Å². The molecule has 0 aliphatic rings. The van der Waals surface area contributed by atoms with Crippen LogP contribution in [0.25, 0.3) is 6.08 Å². The van der Waals surface area contributed by atoms with Crippen LogP contribution in [-0.2, 0) is 13.0 Å². The molecule has 1 aromatic heterocycles. The van der Waals surface area contributed by atoms with Gasteiger partial charge in [0.2, 0.25) is 0 Å². The van der Waals surface area contributed by atoms with Crippen LogP contribution in [0.15, 0.2) is 54.2 Å². The first-order valence-corrected chi connectivity index (χ1v) is 11.8. The fourth-order valence-corrected chi connectivity index (χ4v) is 4.63. The molecule has 0 atom stereocenters. The third-order valence-corrected chi connectivity index (χ3v) is 6.55. The van der Waals surface area contributed by atoms with Crippen molar-refractivity contribution in [1.29, 1.82) is 0 Å². The highest BCUT2D eigenvalue weighted by Crippen LogP contribution is 2.31. The summed E-state index contributed by atoms with van der Waals surface area (Å²) in [7, 11) is 3.08. The Hall–Kier alpha value is -3.85. The van der Waals surface area contributed by atoms with E-state index in [1.54, 1.807) is 31.3 Å². The summed E-state index contributed by atoms with van der Waals surface area (Å²) in [6.45, 7) is 6.14. The minimum absolute atomic E-state index is 0.0506. The molecule has 2 aromatic carbocycles. The molecule has 182 valence electrons. The van der Waals surface area contributed by atoms with Crippen LogP contribution in [0.4, 0.5) is 0 Å². The Kier molecular flexibility index (Phi) is 8.86. The predicted molar refractivity (Wildman–Crippen MR) is 136 cm³/mol. The number of nitrogens with zero attached hydrogens (tertiary/aromatic N) is 3. The topological polar surface area (TPSA) is 98.2 Å². The molecule has 0 aliphatic heterocycles. The van der Waals surface area contributed by atoms with Crippen molar-refractivity contribution in [3.8, 4) is 11.5 Å². The number of ether oxygens (including phenoxy) is 2. The lowest BCUT2D eigenvalue weighted by Gasteiger charge is -2.23. The molecule has 8 nitrogen and oxygen atoms in total. The summed E-state index contributed by atoms with van der Waals surface area (Å²) in [6.07, 6.45) is 2.97. The number of hydrogen-bond acceptors (Lipinski definition) is 7. The molecule has 0 aliphatic carbocycles. The Morgan fingerprint density at radius 3 is 2.37 bits per heavy atom. The molecular formula is C26H27N3O5S. The molecular weight excluding hydrogens is 466 g/mol. The molecule has 0 fully saturated rings. The van der Waals surface area contributed by atoms with Crippen LogP contribution in [0.2, 0.25) is 0 Å². The fraction of sp³-hybridized carbons (Fsp3) is 0.269. The van der Waals surface area contributed by atoms with Crippen molar-refractivity contribution >= 4 is 29.2 Å². The van der Waals surface area contributed by atoms with Gasteiger partial charge in [-0.2, -0.15) is 0 Å². The van der Waals surface area contributed by atoms with Gasteiger partial charge in [-0.1, -0.05) is 36.9 Å². The van der Waals surface area contributed by atoms with E-state index in [0.717, 1.165) is 18.4 Å². The Balaban J connectivity index is 1.91.